The summed E-state index contributed by atoms with van der Waals surface area (Å²) in [5.74, 6) is -2.19. The van der Waals surface area contributed by atoms with Crippen molar-refractivity contribution in [2.75, 3.05) is 10.6 Å². The van der Waals surface area contributed by atoms with Crippen LogP contribution in [0, 0.1) is 0 Å². The van der Waals surface area contributed by atoms with E-state index in [9.17, 15) is 19.5 Å². The Bertz CT molecular complexity index is 1050. The van der Waals surface area contributed by atoms with Crippen LogP contribution < -0.4 is 15.7 Å². The number of hydrogen-bond acceptors (Lipinski definition) is 4. The molecule has 3 aliphatic rings. The largest absolute Gasteiger partial charge is 0.545 e. The first-order chi connectivity index (χ1) is 12.0. The molecule has 2 amide bonds. The van der Waals surface area contributed by atoms with Crippen LogP contribution in [-0.2, 0) is 19.8 Å². The van der Waals surface area contributed by atoms with Crippen molar-refractivity contribution < 1.29 is 19.5 Å². The van der Waals surface area contributed by atoms with Gasteiger partial charge in [0.25, 0.3) is 5.91 Å². The van der Waals surface area contributed by atoms with Gasteiger partial charge in [-0.15, -0.1) is 0 Å². The highest BCUT2D eigenvalue weighted by Crippen LogP contribution is 2.55. The van der Waals surface area contributed by atoms with Gasteiger partial charge in [0.2, 0.25) is 5.91 Å². The molecule has 2 aromatic rings. The first-order valence-corrected chi connectivity index (χ1v) is 7.84. The van der Waals surface area contributed by atoms with Gasteiger partial charge in [0, 0.05) is 16.9 Å². The van der Waals surface area contributed by atoms with E-state index in [-0.39, 0.29) is 23.5 Å². The summed E-state index contributed by atoms with van der Waals surface area (Å²) in [7, 11) is 0. The number of aliphatic carboxylic acids is 1. The Balaban J connectivity index is 1.92. The van der Waals surface area contributed by atoms with Crippen molar-refractivity contribution in [2.24, 2.45) is 0 Å². The summed E-state index contributed by atoms with van der Waals surface area (Å²) < 4.78 is 0. The highest BCUT2D eigenvalue weighted by atomic mass is 16.4. The third-order valence-corrected chi connectivity index (χ3v) is 5.26. The fraction of sp³-hybridized carbons (Fsp3) is 0.105. The quantitative estimate of drug-likeness (QED) is 0.807. The van der Waals surface area contributed by atoms with Gasteiger partial charge >= 0.3 is 0 Å². The van der Waals surface area contributed by atoms with Crippen molar-refractivity contribution in [3.63, 3.8) is 0 Å². The second-order valence-electron chi connectivity index (χ2n) is 6.41. The standard InChI is InChI=1S/C19H12N2O4/c22-16-14-9(17(23)24)8-19(11-5-3-7-13(20-16)15(11)14)10-4-1-2-6-12(10)21-18(19)25/h1-7H,8H2,(H,20,22)(H,21,25)(H,23,24)/p-1/t19-/m0/s1. The van der Waals surface area contributed by atoms with Crippen LogP contribution in [0.1, 0.15) is 23.1 Å². The number of hydrogen-bond donors (Lipinski definition) is 2. The number of anilines is 2. The van der Waals surface area contributed by atoms with E-state index in [1.165, 1.54) is 0 Å². The Morgan fingerprint density at radius 2 is 1.68 bits per heavy atom. The lowest BCUT2D eigenvalue weighted by Gasteiger charge is -2.35. The topological polar surface area (TPSA) is 98.3 Å². The Labute approximate surface area is 142 Å². The van der Waals surface area contributed by atoms with E-state index in [0.29, 0.717) is 28.1 Å². The maximum absolute atomic E-state index is 13.0. The minimum Gasteiger partial charge on any atom is -0.545 e. The van der Waals surface area contributed by atoms with Crippen LogP contribution in [0.2, 0.25) is 0 Å². The molecule has 0 radical (unpaired) electrons. The number of para-hydroxylation sites is 1. The van der Waals surface area contributed by atoms with Crippen LogP contribution in [0.15, 0.2) is 48.0 Å². The molecular weight excluding hydrogens is 320 g/mol. The SMILES string of the molecule is O=C([O-])C1=C2C(=O)Nc3cccc(c32)[C@@]2(C1)C(=O)Nc1ccccc12. The zero-order chi connectivity index (χ0) is 17.3. The number of amides is 2. The molecule has 0 aromatic heterocycles. The molecule has 0 unspecified atom stereocenters. The Hall–Kier alpha value is -3.41. The van der Waals surface area contributed by atoms with Gasteiger partial charge in [-0.1, -0.05) is 30.3 Å². The molecule has 6 nitrogen and oxygen atoms in total. The number of carbonyl (C=O) groups is 3. The van der Waals surface area contributed by atoms with Crippen LogP contribution in [0.25, 0.3) is 5.57 Å². The van der Waals surface area contributed by atoms with Gasteiger partial charge in [-0.25, -0.2) is 0 Å². The van der Waals surface area contributed by atoms with Gasteiger partial charge in [-0.3, -0.25) is 9.59 Å². The number of benzene rings is 2. The van der Waals surface area contributed by atoms with Crippen LogP contribution in [0.4, 0.5) is 11.4 Å². The first kappa shape index (κ1) is 14.0. The van der Waals surface area contributed by atoms with Gasteiger partial charge in [0.1, 0.15) is 5.41 Å². The number of rotatable bonds is 1. The smallest absolute Gasteiger partial charge is 0.256 e. The molecular formula is C19H11N2O4-. The molecule has 0 saturated heterocycles. The summed E-state index contributed by atoms with van der Waals surface area (Å²) >= 11 is 0. The third-order valence-electron chi connectivity index (χ3n) is 5.26. The average Bonchev–Trinajstić information content (AvgIpc) is 3.07. The molecule has 2 N–H and O–H groups in total. The fourth-order valence-corrected chi connectivity index (χ4v) is 4.25. The lowest BCUT2D eigenvalue weighted by Crippen LogP contribution is -2.42. The van der Waals surface area contributed by atoms with Gasteiger partial charge in [-0.05, 0) is 35.3 Å². The molecule has 25 heavy (non-hydrogen) atoms. The van der Waals surface area contributed by atoms with Gasteiger partial charge in [0.15, 0.2) is 0 Å². The summed E-state index contributed by atoms with van der Waals surface area (Å²) in [6.07, 6.45) is -0.114. The zero-order valence-electron chi connectivity index (χ0n) is 12.9. The fourth-order valence-electron chi connectivity index (χ4n) is 4.25. The van der Waals surface area contributed by atoms with E-state index in [1.54, 1.807) is 24.3 Å². The zero-order valence-corrected chi connectivity index (χ0v) is 12.9. The summed E-state index contributed by atoms with van der Waals surface area (Å²) in [5.41, 5.74) is 1.82. The number of carboxylic acids is 1. The molecule has 122 valence electrons. The predicted molar refractivity (Wildman–Crippen MR) is 87.5 cm³/mol. The van der Waals surface area contributed by atoms with Gasteiger partial charge in [-0.2, -0.15) is 0 Å². The van der Waals surface area contributed by atoms with E-state index >= 15 is 0 Å². The second kappa shape index (κ2) is 4.36. The number of nitrogens with one attached hydrogen (secondary N) is 2. The maximum Gasteiger partial charge on any atom is 0.256 e. The molecule has 2 heterocycles. The van der Waals surface area contributed by atoms with E-state index in [4.69, 9.17) is 0 Å². The summed E-state index contributed by atoms with van der Waals surface area (Å²) in [5, 5.41) is 17.3. The lowest BCUT2D eigenvalue weighted by molar-refractivity contribution is -0.299. The van der Waals surface area contributed by atoms with Crippen LogP contribution in [-0.4, -0.2) is 17.8 Å². The molecule has 1 atom stereocenters. The molecule has 0 bridgehead atoms. The van der Waals surface area contributed by atoms with Crippen molar-refractivity contribution >= 4 is 34.7 Å². The number of carbonyl (C=O) groups excluding carboxylic acids is 3. The Morgan fingerprint density at radius 1 is 0.960 bits per heavy atom. The Morgan fingerprint density at radius 3 is 2.48 bits per heavy atom. The highest BCUT2D eigenvalue weighted by molar-refractivity contribution is 6.36. The number of fused-ring (bicyclic) bond motifs is 3. The minimum atomic E-state index is -1.43. The molecule has 1 spiro atoms. The maximum atomic E-state index is 13.0. The van der Waals surface area contributed by atoms with Crippen LogP contribution >= 0.6 is 0 Å². The van der Waals surface area contributed by atoms with Crippen molar-refractivity contribution in [1.82, 2.24) is 0 Å². The molecule has 1 aliphatic carbocycles. The van der Waals surface area contributed by atoms with E-state index in [1.807, 2.05) is 18.2 Å². The molecule has 0 saturated carbocycles. The first-order valence-electron chi connectivity index (χ1n) is 7.84. The van der Waals surface area contributed by atoms with E-state index < -0.39 is 17.3 Å². The molecule has 2 aromatic carbocycles. The predicted octanol–water partition coefficient (Wildman–Crippen LogP) is 0.784. The lowest BCUT2D eigenvalue weighted by atomic mass is 9.65. The normalized spacial score (nSPS) is 22.6. The van der Waals surface area contributed by atoms with Crippen molar-refractivity contribution in [3.8, 4) is 0 Å². The molecule has 0 fully saturated rings. The highest BCUT2D eigenvalue weighted by Gasteiger charge is 2.54. The molecule has 2 aliphatic heterocycles. The van der Waals surface area contributed by atoms with Gasteiger partial charge in [0.05, 0.1) is 11.5 Å². The monoisotopic (exact) mass is 331 g/mol. The second-order valence-corrected chi connectivity index (χ2v) is 6.41. The third kappa shape index (κ3) is 1.51. The van der Waals surface area contributed by atoms with E-state index in [0.717, 1.165) is 0 Å². The van der Waals surface area contributed by atoms with Crippen molar-refractivity contribution in [1.29, 1.82) is 0 Å². The Kier molecular flexibility index (Phi) is 2.44. The molecule has 6 heteroatoms. The van der Waals surface area contributed by atoms with Gasteiger partial charge < -0.3 is 20.5 Å². The van der Waals surface area contributed by atoms with Crippen molar-refractivity contribution in [3.05, 3.63) is 64.7 Å². The van der Waals surface area contributed by atoms with E-state index in [2.05, 4.69) is 10.6 Å². The summed E-state index contributed by atoms with van der Waals surface area (Å²) in [4.78, 5) is 37.1. The summed E-state index contributed by atoms with van der Waals surface area (Å²) in [6.45, 7) is 0. The number of carboxylic acid groups (broad SMARTS) is 1. The minimum absolute atomic E-state index is 0.105. The van der Waals surface area contributed by atoms with Crippen LogP contribution in [0.3, 0.4) is 0 Å². The average molecular weight is 331 g/mol. The summed E-state index contributed by atoms with van der Waals surface area (Å²) in [6, 6.07) is 12.5. The van der Waals surface area contributed by atoms with Crippen LogP contribution in [0.5, 0.6) is 0 Å². The van der Waals surface area contributed by atoms with Crippen molar-refractivity contribution in [2.45, 2.75) is 11.8 Å². The molecule has 5 rings (SSSR count).